The lowest BCUT2D eigenvalue weighted by molar-refractivity contribution is -0.148. The summed E-state index contributed by atoms with van der Waals surface area (Å²) in [4.78, 5) is 25.8. The smallest absolute Gasteiger partial charge is 0.302 e. The summed E-state index contributed by atoms with van der Waals surface area (Å²) >= 11 is 0. The van der Waals surface area contributed by atoms with Crippen molar-refractivity contribution in [1.82, 2.24) is 0 Å². The van der Waals surface area contributed by atoms with Gasteiger partial charge in [0, 0.05) is 24.8 Å². The molecule has 6 rings (SSSR count). The second-order valence-electron chi connectivity index (χ2n) is 12.7. The van der Waals surface area contributed by atoms with E-state index in [1.165, 1.54) is 24.5 Å². The minimum absolute atomic E-state index is 0.00520. The zero-order valence-electron chi connectivity index (χ0n) is 22.5. The molecule has 3 fully saturated rings. The lowest BCUT2D eigenvalue weighted by atomic mass is 9.47. The number of esters is 1. The topological polar surface area (TPSA) is 43.4 Å². The number of Topliss-reactive ketones (excluding diaryl/α,β-unsaturated/α-hetero) is 1. The van der Waals surface area contributed by atoms with Gasteiger partial charge in [0.2, 0.25) is 0 Å². The molecule has 0 spiro atoms. The molecule has 3 heteroatoms. The van der Waals surface area contributed by atoms with Crippen molar-refractivity contribution >= 4 is 11.8 Å². The van der Waals surface area contributed by atoms with Gasteiger partial charge in [-0.1, -0.05) is 86.2 Å². The second-order valence-corrected chi connectivity index (χ2v) is 12.7. The monoisotopic (exact) mass is 496 g/mol. The molecule has 0 saturated heterocycles. The molecule has 0 unspecified atom stereocenters. The van der Waals surface area contributed by atoms with Gasteiger partial charge in [0.15, 0.2) is 5.78 Å². The number of rotatable bonds is 4. The Hall–Kier alpha value is -2.68. The third-order valence-electron chi connectivity index (χ3n) is 11.0. The van der Waals surface area contributed by atoms with E-state index in [-0.39, 0.29) is 34.7 Å². The van der Waals surface area contributed by atoms with E-state index in [1.807, 2.05) is 30.3 Å². The fourth-order valence-electron chi connectivity index (χ4n) is 9.30. The van der Waals surface area contributed by atoms with Gasteiger partial charge < -0.3 is 4.74 Å². The second kappa shape index (κ2) is 9.26. The van der Waals surface area contributed by atoms with Crippen LogP contribution < -0.4 is 0 Å². The van der Waals surface area contributed by atoms with Crippen LogP contribution in [0.4, 0.5) is 0 Å². The number of hydrogen-bond acceptors (Lipinski definition) is 3. The Morgan fingerprint density at radius 3 is 2.30 bits per heavy atom. The molecule has 194 valence electrons. The first kappa shape index (κ1) is 24.6. The lowest BCUT2D eigenvalue weighted by Crippen LogP contribution is -2.51. The largest absolute Gasteiger partial charge is 0.462 e. The van der Waals surface area contributed by atoms with Gasteiger partial charge in [0.05, 0.1) is 0 Å². The van der Waals surface area contributed by atoms with E-state index < -0.39 is 0 Å². The van der Waals surface area contributed by atoms with E-state index in [0.717, 1.165) is 44.1 Å². The molecule has 3 nitrogen and oxygen atoms in total. The van der Waals surface area contributed by atoms with E-state index in [9.17, 15) is 9.59 Å². The number of ether oxygens (including phenoxy) is 1. The molecular weight excluding hydrogens is 456 g/mol. The fourth-order valence-corrected chi connectivity index (χ4v) is 9.30. The van der Waals surface area contributed by atoms with Crippen LogP contribution in [0.15, 0.2) is 72.3 Å². The predicted molar refractivity (Wildman–Crippen MR) is 146 cm³/mol. The van der Waals surface area contributed by atoms with Crippen molar-refractivity contribution in [3.05, 3.63) is 83.4 Å². The third kappa shape index (κ3) is 4.01. The molecule has 4 aliphatic carbocycles. The molecule has 0 heterocycles. The van der Waals surface area contributed by atoms with Gasteiger partial charge in [-0.2, -0.15) is 0 Å². The number of ketones is 1. The minimum atomic E-state index is -0.164. The Kier molecular flexibility index (Phi) is 6.17. The summed E-state index contributed by atoms with van der Waals surface area (Å²) < 4.78 is 5.63. The van der Waals surface area contributed by atoms with Crippen LogP contribution in [0.5, 0.6) is 0 Å². The number of hydrogen-bond donors (Lipinski definition) is 0. The SMILES string of the molecule is CC(=O)O[C@@H]1CC[C@@]2(C)C(=CC[C@H]3[C@@H]4C[C@@H](c5ccccc5)[C@H](C(=O)c5ccccc5)[C@@]4(C)CC[C@@H]32)C1. The quantitative estimate of drug-likeness (QED) is 0.247. The van der Waals surface area contributed by atoms with Gasteiger partial charge in [-0.05, 0) is 78.6 Å². The number of carbonyl (C=O) groups excluding carboxylic acids is 2. The summed E-state index contributed by atoms with van der Waals surface area (Å²) in [5, 5.41) is 0. The van der Waals surface area contributed by atoms with Crippen LogP contribution in [0, 0.1) is 34.5 Å². The van der Waals surface area contributed by atoms with Crippen LogP contribution in [0.1, 0.15) is 87.6 Å². The Morgan fingerprint density at radius 2 is 1.59 bits per heavy atom. The fraction of sp³-hybridized carbons (Fsp3) is 0.529. The molecule has 37 heavy (non-hydrogen) atoms. The van der Waals surface area contributed by atoms with Crippen molar-refractivity contribution in [3.8, 4) is 0 Å². The third-order valence-corrected chi connectivity index (χ3v) is 11.0. The maximum atomic E-state index is 14.2. The maximum absolute atomic E-state index is 14.2. The van der Waals surface area contributed by atoms with Gasteiger partial charge >= 0.3 is 5.97 Å². The van der Waals surface area contributed by atoms with Crippen molar-refractivity contribution in [3.63, 3.8) is 0 Å². The lowest BCUT2D eigenvalue weighted by Gasteiger charge is -2.58. The molecule has 0 aliphatic heterocycles. The van der Waals surface area contributed by atoms with Crippen molar-refractivity contribution in [2.24, 2.45) is 34.5 Å². The van der Waals surface area contributed by atoms with E-state index in [2.05, 4.69) is 50.3 Å². The Labute approximate surface area is 221 Å². The summed E-state index contributed by atoms with van der Waals surface area (Å²) in [5.41, 5.74) is 3.89. The van der Waals surface area contributed by atoms with Gasteiger partial charge in [-0.15, -0.1) is 0 Å². The standard InChI is InChI=1S/C34H40O3/c1-22(35)37-26-16-18-33(2)25(20-26)14-15-27-29(33)17-19-34(3)30(27)21-28(23-10-6-4-7-11-23)31(34)32(36)24-12-8-5-9-13-24/h4-14,26-31H,15-21H2,1-3H3/t26-,27-,28+,29+,30+,31-,33+,34+/m1/s1. The van der Waals surface area contributed by atoms with Gasteiger partial charge in [-0.3, -0.25) is 9.59 Å². The van der Waals surface area contributed by atoms with E-state index in [1.54, 1.807) is 0 Å². The predicted octanol–water partition coefficient (Wildman–Crippen LogP) is 7.77. The summed E-state index contributed by atoms with van der Waals surface area (Å²) in [7, 11) is 0. The molecule has 0 bridgehead atoms. The number of carbonyl (C=O) groups is 2. The highest BCUT2D eigenvalue weighted by atomic mass is 16.5. The van der Waals surface area contributed by atoms with Crippen LogP contribution in [-0.2, 0) is 9.53 Å². The van der Waals surface area contributed by atoms with Crippen molar-refractivity contribution in [2.45, 2.75) is 77.7 Å². The Bertz CT molecular complexity index is 1200. The van der Waals surface area contributed by atoms with Crippen molar-refractivity contribution < 1.29 is 14.3 Å². The molecule has 2 aromatic rings. The molecule has 0 N–H and O–H groups in total. The first-order valence-electron chi connectivity index (χ1n) is 14.3. The van der Waals surface area contributed by atoms with Gasteiger partial charge in [-0.25, -0.2) is 0 Å². The molecule has 3 saturated carbocycles. The van der Waals surface area contributed by atoms with Gasteiger partial charge in [0.1, 0.15) is 6.10 Å². The number of allylic oxidation sites excluding steroid dienone is 1. The summed E-state index contributed by atoms with van der Waals surface area (Å²) in [6, 6.07) is 20.8. The maximum Gasteiger partial charge on any atom is 0.302 e. The van der Waals surface area contributed by atoms with Crippen LogP contribution in [-0.4, -0.2) is 17.9 Å². The molecule has 4 aliphatic rings. The van der Waals surface area contributed by atoms with E-state index in [4.69, 9.17) is 4.74 Å². The molecule has 0 aromatic heterocycles. The first-order chi connectivity index (χ1) is 17.8. The minimum Gasteiger partial charge on any atom is -0.462 e. The Balaban J connectivity index is 1.35. The van der Waals surface area contributed by atoms with Gasteiger partial charge in [0.25, 0.3) is 0 Å². The van der Waals surface area contributed by atoms with Crippen LogP contribution in [0.2, 0.25) is 0 Å². The van der Waals surface area contributed by atoms with E-state index >= 15 is 0 Å². The summed E-state index contributed by atoms with van der Waals surface area (Å²) in [5.74, 6) is 2.24. The number of benzene rings is 2. The van der Waals surface area contributed by atoms with E-state index in [0.29, 0.717) is 23.5 Å². The average molecular weight is 497 g/mol. The highest BCUT2D eigenvalue weighted by Crippen LogP contribution is 2.69. The highest BCUT2D eigenvalue weighted by molar-refractivity contribution is 5.99. The number of fused-ring (bicyclic) bond motifs is 5. The van der Waals surface area contributed by atoms with Crippen LogP contribution in [0.3, 0.4) is 0 Å². The molecule has 2 aromatic carbocycles. The zero-order valence-corrected chi connectivity index (χ0v) is 22.5. The summed E-state index contributed by atoms with van der Waals surface area (Å²) in [6.07, 6.45) is 9.97. The zero-order chi connectivity index (χ0) is 25.8. The Morgan fingerprint density at radius 1 is 0.892 bits per heavy atom. The van der Waals surface area contributed by atoms with Crippen LogP contribution >= 0.6 is 0 Å². The molecule has 0 radical (unpaired) electrons. The first-order valence-corrected chi connectivity index (χ1v) is 14.3. The molecular formula is C34H40O3. The van der Waals surface area contributed by atoms with Crippen molar-refractivity contribution in [2.75, 3.05) is 0 Å². The normalized spacial score (nSPS) is 38.5. The summed E-state index contributed by atoms with van der Waals surface area (Å²) in [6.45, 7) is 6.46. The highest BCUT2D eigenvalue weighted by Gasteiger charge is 2.62. The van der Waals surface area contributed by atoms with Crippen LogP contribution in [0.25, 0.3) is 0 Å². The molecule has 8 atom stereocenters. The molecule has 0 amide bonds. The average Bonchev–Trinajstić information content (AvgIpc) is 3.22. The van der Waals surface area contributed by atoms with Crippen molar-refractivity contribution in [1.29, 1.82) is 0 Å².